The molecule has 0 amide bonds. The number of halogens is 2. The fourth-order valence-corrected chi connectivity index (χ4v) is 2.85. The molecule has 0 aromatic heterocycles. The van der Waals surface area contributed by atoms with Crippen molar-refractivity contribution in [3.05, 3.63) is 56.6 Å². The monoisotopic (exact) mass is 432 g/mol. The summed E-state index contributed by atoms with van der Waals surface area (Å²) in [6.45, 7) is 1.74. The summed E-state index contributed by atoms with van der Waals surface area (Å²) >= 11 is 8.33. The first kappa shape index (κ1) is 17.4. The molecule has 0 saturated heterocycles. The van der Waals surface area contributed by atoms with Crippen LogP contribution in [0.4, 0.5) is 0 Å². The second-order valence-corrected chi connectivity index (χ2v) is 6.29. The van der Waals surface area contributed by atoms with Crippen molar-refractivity contribution < 1.29 is 14.2 Å². The lowest BCUT2D eigenvalue weighted by molar-refractivity contribution is 0.105. The molecule has 0 saturated carbocycles. The summed E-state index contributed by atoms with van der Waals surface area (Å²) in [4.78, 5) is 0. The summed E-state index contributed by atoms with van der Waals surface area (Å²) in [5.74, 6) is 1.57. The first-order valence-corrected chi connectivity index (χ1v) is 8.44. The highest BCUT2D eigenvalue weighted by molar-refractivity contribution is 14.1. The highest BCUT2D eigenvalue weighted by Crippen LogP contribution is 2.26. The first-order valence-electron chi connectivity index (χ1n) is 6.98. The maximum Gasteiger partial charge on any atom is 0.137 e. The van der Waals surface area contributed by atoms with Gasteiger partial charge in [0.15, 0.2) is 0 Å². The fraction of sp³-hybridized carbons (Fsp3) is 0.294. The van der Waals surface area contributed by atoms with Crippen molar-refractivity contribution in [2.45, 2.75) is 13.0 Å². The molecule has 0 fully saturated rings. The average Bonchev–Trinajstić information content (AvgIpc) is 2.52. The molecule has 3 nitrogen and oxygen atoms in total. The largest absolute Gasteiger partial charge is 0.496 e. The van der Waals surface area contributed by atoms with Crippen LogP contribution in [-0.4, -0.2) is 20.3 Å². The second kappa shape index (κ2) is 9.22. The van der Waals surface area contributed by atoms with E-state index in [1.807, 2.05) is 42.5 Å². The van der Waals surface area contributed by atoms with Gasteiger partial charge in [0.2, 0.25) is 0 Å². The van der Waals surface area contributed by atoms with Gasteiger partial charge in [0, 0.05) is 15.6 Å². The van der Waals surface area contributed by atoms with E-state index in [2.05, 4.69) is 22.6 Å². The Kier molecular flexibility index (Phi) is 7.29. The van der Waals surface area contributed by atoms with Crippen molar-refractivity contribution >= 4 is 34.2 Å². The molecule has 118 valence electrons. The van der Waals surface area contributed by atoms with Gasteiger partial charge in [-0.2, -0.15) is 0 Å². The van der Waals surface area contributed by atoms with Crippen molar-refractivity contribution in [1.29, 1.82) is 0 Å². The van der Waals surface area contributed by atoms with Crippen LogP contribution in [0.15, 0.2) is 42.5 Å². The zero-order valence-electron chi connectivity index (χ0n) is 12.4. The standard InChI is InChI=1S/C17H18ClIO3/c1-20-16-6-3-2-5-13(16)12-21-9-4-10-22-17-8-7-14(19)11-15(17)18/h2-3,5-8,11H,4,9-10,12H2,1H3. The lowest BCUT2D eigenvalue weighted by Gasteiger charge is -2.10. The molecule has 0 radical (unpaired) electrons. The van der Waals surface area contributed by atoms with Gasteiger partial charge in [-0.1, -0.05) is 29.8 Å². The Hall–Kier alpha value is -0.980. The second-order valence-electron chi connectivity index (χ2n) is 4.64. The molecule has 0 atom stereocenters. The van der Waals surface area contributed by atoms with E-state index in [4.69, 9.17) is 25.8 Å². The van der Waals surface area contributed by atoms with Crippen LogP contribution in [0.25, 0.3) is 0 Å². The van der Waals surface area contributed by atoms with Crippen LogP contribution in [0, 0.1) is 3.57 Å². The lowest BCUT2D eigenvalue weighted by Crippen LogP contribution is -2.04. The summed E-state index contributed by atoms with van der Waals surface area (Å²) in [7, 11) is 1.66. The topological polar surface area (TPSA) is 27.7 Å². The number of hydrogen-bond donors (Lipinski definition) is 0. The summed E-state index contributed by atoms with van der Waals surface area (Å²) in [6.07, 6.45) is 0.803. The van der Waals surface area contributed by atoms with Crippen molar-refractivity contribution in [2.24, 2.45) is 0 Å². The minimum Gasteiger partial charge on any atom is -0.496 e. The molecule has 0 bridgehead atoms. The predicted molar refractivity (Wildman–Crippen MR) is 96.9 cm³/mol. The quantitative estimate of drug-likeness (QED) is 0.437. The number of benzene rings is 2. The summed E-state index contributed by atoms with van der Waals surface area (Å²) in [5.41, 5.74) is 1.05. The van der Waals surface area contributed by atoms with Crippen molar-refractivity contribution in [3.63, 3.8) is 0 Å². The van der Waals surface area contributed by atoms with Gasteiger partial charge in [0.25, 0.3) is 0 Å². The van der Waals surface area contributed by atoms with E-state index >= 15 is 0 Å². The van der Waals surface area contributed by atoms with E-state index in [0.717, 1.165) is 21.3 Å². The molecule has 0 spiro atoms. The zero-order valence-corrected chi connectivity index (χ0v) is 15.3. The van der Waals surface area contributed by atoms with E-state index in [1.165, 1.54) is 0 Å². The van der Waals surface area contributed by atoms with Gasteiger partial charge in [0.05, 0.1) is 32.0 Å². The number of para-hydroxylation sites is 1. The molecular formula is C17H18ClIO3. The fourth-order valence-electron chi connectivity index (χ4n) is 1.94. The molecule has 2 aromatic carbocycles. The molecule has 0 heterocycles. The van der Waals surface area contributed by atoms with E-state index < -0.39 is 0 Å². The lowest BCUT2D eigenvalue weighted by atomic mass is 10.2. The van der Waals surface area contributed by atoms with Gasteiger partial charge >= 0.3 is 0 Å². The van der Waals surface area contributed by atoms with Crippen LogP contribution in [-0.2, 0) is 11.3 Å². The highest BCUT2D eigenvalue weighted by atomic mass is 127. The van der Waals surface area contributed by atoms with Gasteiger partial charge in [-0.25, -0.2) is 0 Å². The Labute approximate surface area is 149 Å². The molecule has 0 N–H and O–H groups in total. The molecule has 2 rings (SSSR count). The van der Waals surface area contributed by atoms with Gasteiger partial charge in [0.1, 0.15) is 11.5 Å². The SMILES string of the molecule is COc1ccccc1COCCCOc1ccc(I)cc1Cl. The molecule has 5 heteroatoms. The van der Waals surface area contributed by atoms with E-state index in [9.17, 15) is 0 Å². The number of rotatable bonds is 8. The first-order chi connectivity index (χ1) is 10.7. The van der Waals surface area contributed by atoms with Crippen LogP contribution < -0.4 is 9.47 Å². The third-order valence-electron chi connectivity index (χ3n) is 3.03. The summed E-state index contributed by atoms with van der Waals surface area (Å²) in [5, 5.41) is 0.641. The summed E-state index contributed by atoms with van der Waals surface area (Å²) in [6, 6.07) is 13.6. The Bertz CT molecular complexity index is 604. The zero-order chi connectivity index (χ0) is 15.8. The normalized spacial score (nSPS) is 10.5. The average molecular weight is 433 g/mol. The minimum atomic E-state index is 0.536. The molecular weight excluding hydrogens is 415 g/mol. The van der Waals surface area contributed by atoms with Crippen LogP contribution in [0.3, 0.4) is 0 Å². The Morgan fingerprint density at radius 2 is 1.86 bits per heavy atom. The maximum absolute atomic E-state index is 6.11. The number of ether oxygens (including phenoxy) is 3. The Morgan fingerprint density at radius 3 is 2.64 bits per heavy atom. The molecule has 0 aliphatic carbocycles. The molecule has 0 aliphatic heterocycles. The Balaban J connectivity index is 1.67. The van der Waals surface area contributed by atoms with Gasteiger partial charge in [-0.3, -0.25) is 0 Å². The van der Waals surface area contributed by atoms with Gasteiger partial charge in [-0.05, 0) is 46.9 Å². The third-order valence-corrected chi connectivity index (χ3v) is 4.00. The van der Waals surface area contributed by atoms with E-state index in [1.54, 1.807) is 7.11 Å². The summed E-state index contributed by atoms with van der Waals surface area (Å²) < 4.78 is 17.7. The smallest absolute Gasteiger partial charge is 0.137 e. The molecule has 22 heavy (non-hydrogen) atoms. The van der Waals surface area contributed by atoms with Crippen LogP contribution in [0.2, 0.25) is 5.02 Å². The van der Waals surface area contributed by atoms with Gasteiger partial charge < -0.3 is 14.2 Å². The number of hydrogen-bond acceptors (Lipinski definition) is 3. The minimum absolute atomic E-state index is 0.536. The molecule has 0 aliphatic rings. The number of methoxy groups -OCH3 is 1. The van der Waals surface area contributed by atoms with E-state index in [-0.39, 0.29) is 0 Å². The van der Waals surface area contributed by atoms with Crippen LogP contribution >= 0.6 is 34.2 Å². The van der Waals surface area contributed by atoms with Gasteiger partial charge in [-0.15, -0.1) is 0 Å². The molecule has 2 aromatic rings. The van der Waals surface area contributed by atoms with Crippen molar-refractivity contribution in [1.82, 2.24) is 0 Å². The highest BCUT2D eigenvalue weighted by Gasteiger charge is 2.03. The predicted octanol–water partition coefficient (Wildman–Crippen LogP) is 4.94. The third kappa shape index (κ3) is 5.34. The maximum atomic E-state index is 6.11. The van der Waals surface area contributed by atoms with Crippen LogP contribution in [0.1, 0.15) is 12.0 Å². The molecule has 0 unspecified atom stereocenters. The van der Waals surface area contributed by atoms with Crippen molar-refractivity contribution in [3.8, 4) is 11.5 Å². The Morgan fingerprint density at radius 1 is 1.05 bits per heavy atom. The van der Waals surface area contributed by atoms with Crippen molar-refractivity contribution in [2.75, 3.05) is 20.3 Å². The van der Waals surface area contributed by atoms with Crippen LogP contribution in [0.5, 0.6) is 11.5 Å². The van der Waals surface area contributed by atoms with E-state index in [0.29, 0.717) is 30.6 Å².